The van der Waals surface area contributed by atoms with Crippen LogP contribution in [0.2, 0.25) is 0 Å². The fourth-order valence-corrected chi connectivity index (χ4v) is 1.50. The zero-order valence-corrected chi connectivity index (χ0v) is 11.2. The number of carbonyl (C=O) groups excluding carboxylic acids is 2. The molecule has 0 bridgehead atoms. The van der Waals surface area contributed by atoms with Crippen LogP contribution < -0.4 is 0 Å². The summed E-state index contributed by atoms with van der Waals surface area (Å²) in [5.41, 5.74) is 2.16. The Morgan fingerprint density at radius 1 is 1.00 bits per heavy atom. The minimum Gasteiger partial charge on any atom is -0.300 e. The molecular weight excluding hydrogens is 212 g/mol. The molecule has 0 aliphatic rings. The van der Waals surface area contributed by atoms with Gasteiger partial charge in [-0.15, -0.1) is 0 Å². The summed E-state index contributed by atoms with van der Waals surface area (Å²) in [4.78, 5) is 21.8. The number of aryl methyl sites for hydroxylation is 1. The molecule has 0 amide bonds. The third-order valence-electron chi connectivity index (χ3n) is 2.21. The molecule has 2 heteroatoms. The molecule has 0 atom stereocenters. The topological polar surface area (TPSA) is 34.1 Å². The molecule has 0 aliphatic heterocycles. The molecule has 2 nitrogen and oxygen atoms in total. The average molecular weight is 234 g/mol. The van der Waals surface area contributed by atoms with Crippen LogP contribution in [-0.2, 0) is 22.4 Å². The molecule has 0 spiro atoms. The number of hydrogen-bond acceptors (Lipinski definition) is 2. The first-order valence-corrected chi connectivity index (χ1v) is 6.14. The van der Waals surface area contributed by atoms with Gasteiger partial charge < -0.3 is 4.79 Å². The van der Waals surface area contributed by atoms with E-state index in [1.807, 2.05) is 38.1 Å². The van der Waals surface area contributed by atoms with Crippen LogP contribution in [0.25, 0.3) is 0 Å². The molecule has 0 N–H and O–H groups in total. The van der Waals surface area contributed by atoms with Crippen molar-refractivity contribution in [3.05, 3.63) is 35.4 Å². The molecule has 0 aliphatic carbocycles. The molecule has 1 rings (SSSR count). The minimum absolute atomic E-state index is 0.165. The Hall–Kier alpha value is -1.44. The van der Waals surface area contributed by atoms with E-state index in [0.717, 1.165) is 17.5 Å². The zero-order valence-electron chi connectivity index (χ0n) is 11.2. The summed E-state index contributed by atoms with van der Waals surface area (Å²) in [7, 11) is 0. The van der Waals surface area contributed by atoms with Gasteiger partial charge in [-0.25, -0.2) is 0 Å². The monoisotopic (exact) mass is 234 g/mol. The predicted octanol–water partition coefficient (Wildman–Crippen LogP) is 3.37. The highest BCUT2D eigenvalue weighted by atomic mass is 16.1. The Balaban J connectivity index is 0.00000121. The lowest BCUT2D eigenvalue weighted by Crippen LogP contribution is -1.98. The Morgan fingerprint density at radius 3 is 2.12 bits per heavy atom. The first-order valence-electron chi connectivity index (χ1n) is 6.14. The van der Waals surface area contributed by atoms with Gasteiger partial charge in [0.2, 0.25) is 0 Å². The summed E-state index contributed by atoms with van der Waals surface area (Å²) in [6, 6.07) is 7.88. The van der Waals surface area contributed by atoms with E-state index in [9.17, 15) is 9.59 Å². The second-order valence-corrected chi connectivity index (χ2v) is 3.90. The van der Waals surface area contributed by atoms with Gasteiger partial charge in [-0.2, -0.15) is 0 Å². The van der Waals surface area contributed by atoms with Crippen LogP contribution in [0, 0.1) is 0 Å². The second-order valence-electron chi connectivity index (χ2n) is 3.90. The van der Waals surface area contributed by atoms with E-state index < -0.39 is 0 Å². The standard InChI is InChI=1S/C13H16O2.C2H6/c1-10(14)6-7-12-4-3-5-13(9-12)8-11(2)15;1-2/h3-5,9H,6-8H2,1-2H3;1-2H3. The number of hydrogen-bond donors (Lipinski definition) is 0. The van der Waals surface area contributed by atoms with Gasteiger partial charge in [0.15, 0.2) is 0 Å². The minimum atomic E-state index is 0.165. The Labute approximate surface area is 104 Å². The third kappa shape index (κ3) is 7.45. The number of benzene rings is 1. The Morgan fingerprint density at radius 2 is 1.59 bits per heavy atom. The van der Waals surface area contributed by atoms with E-state index in [2.05, 4.69) is 0 Å². The summed E-state index contributed by atoms with van der Waals surface area (Å²) < 4.78 is 0. The smallest absolute Gasteiger partial charge is 0.134 e. The average Bonchev–Trinajstić information content (AvgIpc) is 2.29. The molecule has 0 unspecified atom stereocenters. The van der Waals surface area contributed by atoms with Gasteiger partial charge in [0.1, 0.15) is 11.6 Å². The highest BCUT2D eigenvalue weighted by Gasteiger charge is 2.00. The summed E-state index contributed by atoms with van der Waals surface area (Å²) in [5.74, 6) is 0.366. The van der Waals surface area contributed by atoms with E-state index in [-0.39, 0.29) is 11.6 Å². The summed E-state index contributed by atoms with van der Waals surface area (Å²) >= 11 is 0. The lowest BCUT2D eigenvalue weighted by atomic mass is 10.0. The van der Waals surface area contributed by atoms with Gasteiger partial charge in [-0.1, -0.05) is 38.1 Å². The lowest BCUT2D eigenvalue weighted by molar-refractivity contribution is -0.117. The van der Waals surface area contributed by atoms with E-state index in [0.29, 0.717) is 12.8 Å². The fraction of sp³-hybridized carbons (Fsp3) is 0.467. The summed E-state index contributed by atoms with van der Waals surface area (Å²) in [6.07, 6.45) is 1.82. The molecule has 0 saturated carbocycles. The van der Waals surface area contributed by atoms with Gasteiger partial charge in [0.05, 0.1) is 0 Å². The molecule has 0 fully saturated rings. The van der Waals surface area contributed by atoms with E-state index in [4.69, 9.17) is 0 Å². The van der Waals surface area contributed by atoms with Gasteiger partial charge in [0.25, 0.3) is 0 Å². The van der Waals surface area contributed by atoms with Crippen molar-refractivity contribution < 1.29 is 9.59 Å². The maximum Gasteiger partial charge on any atom is 0.134 e. The fourth-order valence-electron chi connectivity index (χ4n) is 1.50. The van der Waals surface area contributed by atoms with Crippen LogP contribution in [0.4, 0.5) is 0 Å². The molecule has 1 aromatic rings. The molecule has 0 heterocycles. The highest BCUT2D eigenvalue weighted by molar-refractivity contribution is 5.78. The molecule has 1 aromatic carbocycles. The van der Waals surface area contributed by atoms with Crippen LogP contribution in [0.15, 0.2) is 24.3 Å². The van der Waals surface area contributed by atoms with Crippen LogP contribution in [0.1, 0.15) is 45.2 Å². The third-order valence-corrected chi connectivity index (χ3v) is 2.21. The van der Waals surface area contributed by atoms with E-state index in [1.165, 1.54) is 0 Å². The summed E-state index contributed by atoms with van der Waals surface area (Å²) in [5, 5.41) is 0. The predicted molar refractivity (Wildman–Crippen MR) is 71.2 cm³/mol. The van der Waals surface area contributed by atoms with Gasteiger partial charge in [0, 0.05) is 12.8 Å². The molecule has 0 radical (unpaired) electrons. The van der Waals surface area contributed by atoms with Gasteiger partial charge in [-0.3, -0.25) is 4.79 Å². The van der Waals surface area contributed by atoms with Crippen LogP contribution in [0.3, 0.4) is 0 Å². The first kappa shape index (κ1) is 15.6. The van der Waals surface area contributed by atoms with Gasteiger partial charge in [-0.05, 0) is 31.4 Å². The maximum absolute atomic E-state index is 10.9. The second kappa shape index (κ2) is 8.68. The number of rotatable bonds is 5. The Bertz CT molecular complexity index is 367. The van der Waals surface area contributed by atoms with Crippen molar-refractivity contribution in [1.29, 1.82) is 0 Å². The number of Topliss-reactive ketones (excluding diaryl/α,β-unsaturated/α-hetero) is 2. The molecule has 0 aromatic heterocycles. The summed E-state index contributed by atoms with van der Waals surface area (Å²) in [6.45, 7) is 7.18. The number of ketones is 2. The largest absolute Gasteiger partial charge is 0.300 e. The van der Waals surface area contributed by atoms with Gasteiger partial charge >= 0.3 is 0 Å². The van der Waals surface area contributed by atoms with Crippen molar-refractivity contribution in [2.75, 3.05) is 0 Å². The molecule has 94 valence electrons. The van der Waals surface area contributed by atoms with E-state index >= 15 is 0 Å². The highest BCUT2D eigenvalue weighted by Crippen LogP contribution is 2.08. The van der Waals surface area contributed by atoms with E-state index in [1.54, 1.807) is 13.8 Å². The van der Waals surface area contributed by atoms with Crippen LogP contribution in [0.5, 0.6) is 0 Å². The molecular formula is C15H22O2. The van der Waals surface area contributed by atoms with Crippen molar-refractivity contribution in [3.63, 3.8) is 0 Å². The maximum atomic E-state index is 10.9. The first-order chi connectivity index (χ1) is 8.08. The Kier molecular flexibility index (Phi) is 7.95. The van der Waals surface area contributed by atoms with Crippen molar-refractivity contribution in [2.45, 2.75) is 47.0 Å². The quantitative estimate of drug-likeness (QED) is 0.782. The lowest BCUT2D eigenvalue weighted by Gasteiger charge is -2.02. The van der Waals surface area contributed by atoms with Crippen molar-refractivity contribution >= 4 is 11.6 Å². The number of carbonyl (C=O) groups is 2. The van der Waals surface area contributed by atoms with Crippen LogP contribution >= 0.6 is 0 Å². The van der Waals surface area contributed by atoms with Crippen LogP contribution in [-0.4, -0.2) is 11.6 Å². The normalized spacial score (nSPS) is 9.18. The van der Waals surface area contributed by atoms with Crippen molar-refractivity contribution in [1.82, 2.24) is 0 Å². The SMILES string of the molecule is CC.CC(=O)CCc1cccc(CC(C)=O)c1. The molecule has 17 heavy (non-hydrogen) atoms. The van der Waals surface area contributed by atoms with Crippen molar-refractivity contribution in [2.24, 2.45) is 0 Å². The molecule has 0 saturated heterocycles. The van der Waals surface area contributed by atoms with Crippen molar-refractivity contribution in [3.8, 4) is 0 Å². The zero-order chi connectivity index (χ0) is 13.3.